The minimum Gasteiger partial charge on any atom is -0.384 e. The predicted octanol–water partition coefficient (Wildman–Crippen LogP) is 4.81. The molecule has 1 saturated heterocycles. The third-order valence-electron chi connectivity index (χ3n) is 7.76. The van der Waals surface area contributed by atoms with Crippen LogP contribution in [0, 0.1) is 0 Å². The number of anilines is 2. The highest BCUT2D eigenvalue weighted by Crippen LogP contribution is 2.36. The van der Waals surface area contributed by atoms with Crippen molar-refractivity contribution >= 4 is 30.0 Å². The van der Waals surface area contributed by atoms with Crippen LogP contribution in [-0.4, -0.2) is 65.8 Å². The maximum Gasteiger partial charge on any atom is 0.256 e. The zero-order valence-electron chi connectivity index (χ0n) is 24.3. The largest absolute Gasteiger partial charge is 0.384 e. The van der Waals surface area contributed by atoms with Gasteiger partial charge in [0, 0.05) is 24.5 Å². The molecule has 0 atom stereocenters. The van der Waals surface area contributed by atoms with Gasteiger partial charge in [-0.05, 0) is 102 Å². The van der Waals surface area contributed by atoms with Gasteiger partial charge in [0.05, 0.1) is 11.3 Å². The average molecular weight is 558 g/mol. The van der Waals surface area contributed by atoms with Crippen molar-refractivity contribution in [3.05, 3.63) is 78.1 Å². The van der Waals surface area contributed by atoms with Crippen LogP contribution in [0.1, 0.15) is 63.1 Å². The number of aliphatic hydroxyl groups is 1. The van der Waals surface area contributed by atoms with Gasteiger partial charge in [0.2, 0.25) is 0 Å². The minimum absolute atomic E-state index is 0.197. The molecule has 1 saturated carbocycles. The number of aromatic nitrogens is 1. The van der Waals surface area contributed by atoms with Crippen molar-refractivity contribution in [3.8, 4) is 0 Å². The number of amidine groups is 1. The van der Waals surface area contributed by atoms with E-state index in [4.69, 9.17) is 0 Å². The fourth-order valence-electron chi connectivity index (χ4n) is 5.30. The molecule has 1 aromatic carbocycles. The van der Waals surface area contributed by atoms with Gasteiger partial charge in [0.15, 0.2) is 0 Å². The summed E-state index contributed by atoms with van der Waals surface area (Å²) in [5.41, 5.74) is 1.89. The van der Waals surface area contributed by atoms with E-state index in [1.54, 1.807) is 38.1 Å². The first kappa shape index (κ1) is 30.1. The number of nitrogens with one attached hydrogen (secondary N) is 3. The van der Waals surface area contributed by atoms with Crippen molar-refractivity contribution in [1.29, 1.82) is 0 Å². The minimum atomic E-state index is -1.13. The molecule has 41 heavy (non-hydrogen) atoms. The molecule has 0 spiro atoms. The Morgan fingerprint density at radius 3 is 2.49 bits per heavy atom. The fraction of sp³-hybridized carbons (Fsp3) is 0.438. The Labute approximate surface area is 243 Å². The fourth-order valence-corrected chi connectivity index (χ4v) is 5.30. The van der Waals surface area contributed by atoms with E-state index >= 15 is 0 Å². The lowest BCUT2D eigenvalue weighted by atomic mass is 9.80. The van der Waals surface area contributed by atoms with Crippen LogP contribution in [0.25, 0.3) is 0 Å². The lowest BCUT2D eigenvalue weighted by molar-refractivity contribution is -0.116. The summed E-state index contributed by atoms with van der Waals surface area (Å²) in [6, 6.07) is 14.6. The molecule has 0 unspecified atom stereocenters. The summed E-state index contributed by atoms with van der Waals surface area (Å²) >= 11 is 0. The van der Waals surface area contributed by atoms with Crippen molar-refractivity contribution in [2.45, 2.75) is 63.5 Å². The Hall–Kier alpha value is -3.82. The first-order chi connectivity index (χ1) is 19.8. The van der Waals surface area contributed by atoms with Gasteiger partial charge < -0.3 is 26.0 Å². The Balaban J connectivity index is 1.45. The SMILES string of the molecule is C=CCNC(=O)/C(=C/N=C)C(=NCNc1ccc(C2CCC(N3CCC3)CC2)cc1)Nc1cccc(C(C)(C)O)n1. The molecule has 0 bridgehead atoms. The van der Waals surface area contributed by atoms with Crippen molar-refractivity contribution in [2.75, 3.05) is 36.9 Å². The van der Waals surface area contributed by atoms with Crippen LogP contribution >= 0.6 is 0 Å². The predicted molar refractivity (Wildman–Crippen MR) is 167 cm³/mol. The van der Waals surface area contributed by atoms with E-state index in [-0.39, 0.29) is 30.5 Å². The van der Waals surface area contributed by atoms with Crippen molar-refractivity contribution in [2.24, 2.45) is 9.98 Å². The molecule has 2 aromatic rings. The molecule has 4 rings (SSSR count). The lowest BCUT2D eigenvalue weighted by Crippen LogP contribution is -2.46. The molecule has 9 nitrogen and oxygen atoms in total. The van der Waals surface area contributed by atoms with Gasteiger partial charge in [-0.15, -0.1) is 6.58 Å². The molecule has 1 aliphatic heterocycles. The van der Waals surface area contributed by atoms with Crippen LogP contribution < -0.4 is 16.0 Å². The van der Waals surface area contributed by atoms with E-state index in [0.29, 0.717) is 17.4 Å². The lowest BCUT2D eigenvalue weighted by Gasteiger charge is -2.42. The van der Waals surface area contributed by atoms with E-state index in [2.05, 4.69) is 73.4 Å². The number of amides is 1. The number of hydrogen-bond donors (Lipinski definition) is 4. The van der Waals surface area contributed by atoms with Gasteiger partial charge in [0.1, 0.15) is 23.9 Å². The van der Waals surface area contributed by atoms with Gasteiger partial charge in [-0.1, -0.05) is 24.3 Å². The van der Waals surface area contributed by atoms with Crippen molar-refractivity contribution < 1.29 is 9.90 Å². The average Bonchev–Trinajstić information content (AvgIpc) is 2.94. The Morgan fingerprint density at radius 1 is 1.15 bits per heavy atom. The number of benzene rings is 1. The van der Waals surface area contributed by atoms with Crippen LogP contribution in [0.2, 0.25) is 0 Å². The maximum absolute atomic E-state index is 12.9. The van der Waals surface area contributed by atoms with Crippen molar-refractivity contribution in [3.63, 3.8) is 0 Å². The highest BCUT2D eigenvalue weighted by Gasteiger charge is 2.29. The summed E-state index contributed by atoms with van der Waals surface area (Å²) in [5, 5.41) is 19.6. The highest BCUT2D eigenvalue weighted by atomic mass is 16.3. The third-order valence-corrected chi connectivity index (χ3v) is 7.76. The summed E-state index contributed by atoms with van der Waals surface area (Å²) < 4.78 is 0. The van der Waals surface area contributed by atoms with Crippen LogP contribution in [0.15, 0.2) is 76.9 Å². The first-order valence-electron chi connectivity index (χ1n) is 14.4. The number of aliphatic imine (C=N–C) groups is 2. The molecule has 1 amide bonds. The molecular formula is C32H43N7O2. The van der Waals surface area contributed by atoms with Gasteiger partial charge in [0.25, 0.3) is 5.91 Å². The third kappa shape index (κ3) is 8.34. The standard InChI is InChI=1S/C32H43N7O2/c1-5-18-34-31(40)27(21-33-4)30(38-29-9-6-8-28(37-29)32(2,3)41)36-22-35-25-14-10-23(11-15-25)24-12-16-26(17-13-24)39-19-7-20-39/h5-6,8-11,14-15,21,24,26,35,41H,1,4,7,12-13,16-20,22H2,2-3H3,(H,34,40)(H,36,37,38)/b27-21+. The van der Waals surface area contributed by atoms with Gasteiger partial charge in [-0.2, -0.15) is 0 Å². The number of carbonyl (C=O) groups excluding carboxylic acids is 1. The molecule has 2 fully saturated rings. The second-order valence-electron chi connectivity index (χ2n) is 11.2. The zero-order valence-corrected chi connectivity index (χ0v) is 24.3. The molecule has 2 aliphatic rings. The number of likely N-dealkylation sites (tertiary alicyclic amines) is 1. The zero-order chi connectivity index (χ0) is 29.2. The summed E-state index contributed by atoms with van der Waals surface area (Å²) in [6.45, 7) is 13.6. The molecule has 4 N–H and O–H groups in total. The number of nitrogens with zero attached hydrogens (tertiary/aromatic N) is 4. The van der Waals surface area contributed by atoms with E-state index in [1.165, 1.54) is 57.0 Å². The Bertz CT molecular complexity index is 1250. The van der Waals surface area contributed by atoms with Crippen molar-refractivity contribution in [1.82, 2.24) is 15.2 Å². The Morgan fingerprint density at radius 2 is 1.88 bits per heavy atom. The summed E-state index contributed by atoms with van der Waals surface area (Å²) in [6.07, 6.45) is 9.38. The molecule has 218 valence electrons. The molecule has 9 heteroatoms. The van der Waals surface area contributed by atoms with E-state index in [9.17, 15) is 9.90 Å². The van der Waals surface area contributed by atoms with E-state index in [1.807, 2.05) is 0 Å². The van der Waals surface area contributed by atoms with Crippen LogP contribution in [-0.2, 0) is 10.4 Å². The van der Waals surface area contributed by atoms with Crippen LogP contribution in [0.5, 0.6) is 0 Å². The molecule has 1 aliphatic carbocycles. The number of pyridine rings is 1. The van der Waals surface area contributed by atoms with Crippen LogP contribution in [0.4, 0.5) is 11.5 Å². The quantitative estimate of drug-likeness (QED) is 0.129. The second kappa shape index (κ2) is 14.2. The summed E-state index contributed by atoms with van der Waals surface area (Å²) in [4.78, 5) is 28.5. The van der Waals surface area contributed by atoms with E-state index in [0.717, 1.165) is 11.7 Å². The topological polar surface area (TPSA) is 114 Å². The van der Waals surface area contributed by atoms with Gasteiger partial charge in [-0.25, -0.2) is 9.98 Å². The molecular weight excluding hydrogens is 514 g/mol. The Kier molecular flexibility index (Phi) is 10.4. The maximum atomic E-state index is 12.9. The number of carbonyl (C=O) groups is 1. The summed E-state index contributed by atoms with van der Waals surface area (Å²) in [7, 11) is 0. The second-order valence-corrected chi connectivity index (χ2v) is 11.2. The van der Waals surface area contributed by atoms with E-state index < -0.39 is 5.60 Å². The number of rotatable bonds is 12. The molecule has 1 aromatic heterocycles. The number of hydrogen-bond acceptors (Lipinski definition) is 7. The smallest absolute Gasteiger partial charge is 0.256 e. The molecule has 0 radical (unpaired) electrons. The highest BCUT2D eigenvalue weighted by molar-refractivity contribution is 6.25. The summed E-state index contributed by atoms with van der Waals surface area (Å²) in [5.74, 6) is 0.941. The first-order valence-corrected chi connectivity index (χ1v) is 14.4. The van der Waals surface area contributed by atoms with Crippen LogP contribution in [0.3, 0.4) is 0 Å². The van der Waals surface area contributed by atoms with Gasteiger partial charge in [-0.3, -0.25) is 9.79 Å². The van der Waals surface area contributed by atoms with Gasteiger partial charge >= 0.3 is 0 Å². The monoisotopic (exact) mass is 557 g/mol. The molecule has 2 heterocycles. The normalized spacial score (nSPS) is 20.1.